The van der Waals surface area contributed by atoms with Gasteiger partial charge in [0.1, 0.15) is 22.8 Å². The van der Waals surface area contributed by atoms with E-state index in [9.17, 15) is 24.3 Å². The molecule has 0 bridgehead atoms. The van der Waals surface area contributed by atoms with Crippen molar-refractivity contribution in [2.75, 3.05) is 0 Å². The average molecular weight is 582 g/mol. The molecule has 0 aromatic heterocycles. The first-order chi connectivity index (χ1) is 18.7. The molecule has 0 fully saturated rings. The van der Waals surface area contributed by atoms with Crippen LogP contribution < -0.4 is 15.2 Å². The number of rotatable bonds is 14. The number of hydrogen-bond acceptors (Lipinski definition) is 10. The minimum absolute atomic E-state index is 0.140. The molecule has 1 rings (SSSR count). The van der Waals surface area contributed by atoms with E-state index >= 15 is 0 Å². The first-order valence-electron chi connectivity index (χ1n) is 13.9. The summed E-state index contributed by atoms with van der Waals surface area (Å²) in [6.45, 7) is 17.4. The minimum atomic E-state index is -1.84. The first kappa shape index (κ1) is 35.7. The number of carboxylic acids is 1. The number of ether oxygens (including phenoxy) is 5. The summed E-state index contributed by atoms with van der Waals surface area (Å²) in [6.07, 6.45) is -1.68. The Kier molecular flexibility index (Phi) is 12.2. The predicted octanol–water partition coefficient (Wildman–Crippen LogP) is 6.18. The van der Waals surface area contributed by atoms with Gasteiger partial charge in [0.2, 0.25) is 0 Å². The lowest BCUT2D eigenvalue weighted by Gasteiger charge is -2.30. The third-order valence-electron chi connectivity index (χ3n) is 7.16. The van der Waals surface area contributed by atoms with Crippen molar-refractivity contribution in [3.8, 4) is 11.5 Å². The summed E-state index contributed by atoms with van der Waals surface area (Å²) in [5, 5.41) is 10.0. The maximum Gasteiger partial charge on any atom is 0.514 e. The largest absolute Gasteiger partial charge is 0.514 e. The summed E-state index contributed by atoms with van der Waals surface area (Å²) in [6, 6.07) is 4.18. The zero-order valence-corrected chi connectivity index (χ0v) is 26.0. The van der Waals surface area contributed by atoms with E-state index in [0.29, 0.717) is 24.8 Å². The summed E-state index contributed by atoms with van der Waals surface area (Å²) in [4.78, 5) is 49.8. The highest BCUT2D eigenvalue weighted by Gasteiger charge is 2.38. The molecule has 2 atom stereocenters. The van der Waals surface area contributed by atoms with Crippen molar-refractivity contribution in [2.45, 2.75) is 124 Å². The van der Waals surface area contributed by atoms with Gasteiger partial charge < -0.3 is 34.5 Å². The van der Waals surface area contributed by atoms with Crippen LogP contribution in [-0.2, 0) is 30.2 Å². The lowest BCUT2D eigenvalue weighted by molar-refractivity contribution is -0.161. The number of hydrogen-bond donors (Lipinski definition) is 2. The van der Waals surface area contributed by atoms with Crippen molar-refractivity contribution < 1.29 is 48.0 Å². The first-order valence-corrected chi connectivity index (χ1v) is 13.9. The number of nitrogens with two attached hydrogens (primary N) is 1. The van der Waals surface area contributed by atoms with Gasteiger partial charge in [-0.1, -0.05) is 26.8 Å². The van der Waals surface area contributed by atoms with Crippen molar-refractivity contribution in [1.29, 1.82) is 0 Å². The number of carboxylic acid groups (broad SMARTS) is 1. The number of carbonyl (C=O) groups excluding carboxylic acids is 3. The molecule has 11 heteroatoms. The fraction of sp³-hybridized carbons (Fsp3) is 0.667. The van der Waals surface area contributed by atoms with Gasteiger partial charge in [0.25, 0.3) is 0 Å². The van der Waals surface area contributed by atoms with Crippen molar-refractivity contribution in [1.82, 2.24) is 0 Å². The Morgan fingerprint density at radius 1 is 0.829 bits per heavy atom. The Morgan fingerprint density at radius 3 is 1.76 bits per heavy atom. The molecule has 0 heterocycles. The SMILES string of the molecule is CCC(C)(C)OC(=O)Oc1ccc(CC(N)(C[C@H](C)OC(=O)C(C)(C)CC)C(=O)O)cc1OC(=O)OC(C)(C)CC. The molecule has 0 saturated heterocycles. The Balaban J connectivity index is 3.31. The molecular formula is C30H47NO10. The Morgan fingerprint density at radius 2 is 1.32 bits per heavy atom. The molecule has 3 N–H and O–H groups in total. The van der Waals surface area contributed by atoms with Crippen molar-refractivity contribution >= 4 is 24.2 Å². The van der Waals surface area contributed by atoms with Gasteiger partial charge in [0.15, 0.2) is 11.5 Å². The lowest BCUT2D eigenvalue weighted by Crippen LogP contribution is -2.52. The van der Waals surface area contributed by atoms with Crippen LogP contribution in [0.1, 0.15) is 100 Å². The van der Waals surface area contributed by atoms with Gasteiger partial charge in [-0.2, -0.15) is 0 Å². The molecule has 0 aliphatic rings. The van der Waals surface area contributed by atoms with Gasteiger partial charge >= 0.3 is 24.2 Å². The number of carbonyl (C=O) groups is 4. The molecule has 0 amide bonds. The van der Waals surface area contributed by atoms with Gasteiger partial charge in [-0.3, -0.25) is 9.59 Å². The molecule has 1 aromatic rings. The maximum atomic E-state index is 12.6. The van der Waals surface area contributed by atoms with Crippen LogP contribution in [0.4, 0.5) is 9.59 Å². The molecule has 0 aliphatic carbocycles. The fourth-order valence-corrected chi connectivity index (χ4v) is 3.28. The van der Waals surface area contributed by atoms with Crippen LogP contribution in [0.2, 0.25) is 0 Å². The smallest absolute Gasteiger partial charge is 0.480 e. The van der Waals surface area contributed by atoms with Crippen molar-refractivity contribution in [3.63, 3.8) is 0 Å². The molecule has 0 aliphatic heterocycles. The van der Waals surface area contributed by atoms with E-state index in [1.54, 1.807) is 48.5 Å². The topological polar surface area (TPSA) is 161 Å². The van der Waals surface area contributed by atoms with Crippen LogP contribution >= 0.6 is 0 Å². The van der Waals surface area contributed by atoms with Crippen LogP contribution in [0.3, 0.4) is 0 Å². The van der Waals surface area contributed by atoms with Gasteiger partial charge in [0, 0.05) is 12.8 Å². The molecule has 0 spiro atoms. The minimum Gasteiger partial charge on any atom is -0.480 e. The Labute approximate surface area is 243 Å². The van der Waals surface area contributed by atoms with Gasteiger partial charge in [-0.15, -0.1) is 0 Å². The quantitative estimate of drug-likeness (QED) is 0.147. The third kappa shape index (κ3) is 11.2. The number of esters is 1. The second-order valence-electron chi connectivity index (χ2n) is 12.2. The molecule has 1 unspecified atom stereocenters. The molecule has 1 aromatic carbocycles. The van der Waals surface area contributed by atoms with E-state index in [1.807, 2.05) is 20.8 Å². The molecule has 0 radical (unpaired) electrons. The maximum absolute atomic E-state index is 12.6. The molecule has 232 valence electrons. The molecule has 0 saturated carbocycles. The third-order valence-corrected chi connectivity index (χ3v) is 7.16. The second-order valence-corrected chi connectivity index (χ2v) is 12.2. The lowest BCUT2D eigenvalue weighted by atomic mass is 9.86. The highest BCUT2D eigenvalue weighted by atomic mass is 16.8. The van der Waals surface area contributed by atoms with Crippen LogP contribution in [0, 0.1) is 5.41 Å². The monoisotopic (exact) mass is 581 g/mol. The van der Waals surface area contributed by atoms with E-state index < -0.39 is 52.5 Å². The molecule has 41 heavy (non-hydrogen) atoms. The second kappa shape index (κ2) is 14.0. The van der Waals surface area contributed by atoms with E-state index in [0.717, 1.165) is 0 Å². The van der Waals surface area contributed by atoms with Crippen LogP contribution in [0.25, 0.3) is 0 Å². The highest BCUT2D eigenvalue weighted by molar-refractivity contribution is 5.80. The van der Waals surface area contributed by atoms with E-state index in [1.165, 1.54) is 18.2 Å². The zero-order valence-electron chi connectivity index (χ0n) is 26.0. The molecular weight excluding hydrogens is 534 g/mol. The van der Waals surface area contributed by atoms with Crippen LogP contribution in [-0.4, -0.2) is 52.2 Å². The summed E-state index contributed by atoms with van der Waals surface area (Å²) in [5.74, 6) is -2.10. The van der Waals surface area contributed by atoms with Gasteiger partial charge in [-0.25, -0.2) is 9.59 Å². The standard InChI is InChI=1S/C30H47NO10/c1-11-27(5,6)24(34)37-19(4)17-30(31,23(32)33)18-20-14-15-21(38-25(35)40-28(7,8)12-2)22(16-20)39-26(36)41-29(9,10)13-3/h14-16,19H,11-13,17-18,31H2,1-10H3,(H,32,33)/t19-,30?/m0/s1. The fourth-order valence-electron chi connectivity index (χ4n) is 3.28. The van der Waals surface area contributed by atoms with Crippen molar-refractivity contribution in [3.05, 3.63) is 23.8 Å². The Bertz CT molecular complexity index is 1090. The summed E-state index contributed by atoms with van der Waals surface area (Å²) >= 11 is 0. The highest BCUT2D eigenvalue weighted by Crippen LogP contribution is 2.33. The van der Waals surface area contributed by atoms with E-state index in [4.69, 9.17) is 29.4 Å². The normalized spacial score (nSPS) is 14.3. The van der Waals surface area contributed by atoms with Gasteiger partial charge in [0.05, 0.1) is 5.41 Å². The predicted molar refractivity (Wildman–Crippen MR) is 152 cm³/mol. The van der Waals surface area contributed by atoms with Crippen LogP contribution in [0.5, 0.6) is 11.5 Å². The van der Waals surface area contributed by atoms with Gasteiger partial charge in [-0.05, 0) is 85.4 Å². The number of benzene rings is 1. The number of aliphatic carboxylic acids is 1. The van der Waals surface area contributed by atoms with E-state index in [2.05, 4.69) is 0 Å². The van der Waals surface area contributed by atoms with Crippen molar-refractivity contribution in [2.24, 2.45) is 11.1 Å². The molecule has 11 nitrogen and oxygen atoms in total. The zero-order chi connectivity index (χ0) is 31.8. The van der Waals surface area contributed by atoms with Crippen LogP contribution in [0.15, 0.2) is 18.2 Å². The average Bonchev–Trinajstić information content (AvgIpc) is 2.84. The van der Waals surface area contributed by atoms with E-state index in [-0.39, 0.29) is 24.3 Å². The summed E-state index contributed by atoms with van der Waals surface area (Å²) in [5.41, 5.74) is 2.48. The summed E-state index contributed by atoms with van der Waals surface area (Å²) < 4.78 is 26.9. The Hall–Kier alpha value is -3.34. The summed E-state index contributed by atoms with van der Waals surface area (Å²) in [7, 11) is 0.